The van der Waals surface area contributed by atoms with Crippen LogP contribution in [-0.4, -0.2) is 48.9 Å². The number of aromatic nitrogens is 2. The molecule has 1 aliphatic rings. The molecule has 0 radical (unpaired) electrons. The number of piperazine rings is 1. The molecule has 0 bridgehead atoms. The smallest absolute Gasteiger partial charge is 0.107 e. The van der Waals surface area contributed by atoms with Gasteiger partial charge in [-0.1, -0.05) is 18.5 Å². The van der Waals surface area contributed by atoms with Crippen molar-refractivity contribution in [3.8, 4) is 0 Å². The second-order valence-electron chi connectivity index (χ2n) is 7.72. The number of hydrogen-bond donors (Lipinski definition) is 2. The molecule has 2 N–H and O–H groups in total. The lowest BCUT2D eigenvalue weighted by Crippen LogP contribution is -2.43. The van der Waals surface area contributed by atoms with Crippen molar-refractivity contribution in [3.63, 3.8) is 0 Å². The Labute approximate surface area is 155 Å². The van der Waals surface area contributed by atoms with E-state index in [0.717, 1.165) is 66.6 Å². The van der Waals surface area contributed by atoms with E-state index in [-0.39, 0.29) is 5.60 Å². The van der Waals surface area contributed by atoms with Crippen LogP contribution in [0.2, 0.25) is 5.02 Å². The summed E-state index contributed by atoms with van der Waals surface area (Å²) >= 11 is 6.53. The van der Waals surface area contributed by atoms with E-state index in [1.54, 1.807) is 7.11 Å². The number of aromatic amines is 1. The van der Waals surface area contributed by atoms with Gasteiger partial charge in [0, 0.05) is 39.7 Å². The van der Waals surface area contributed by atoms with Crippen molar-refractivity contribution in [2.45, 2.75) is 39.2 Å². The number of H-pyrrole nitrogens is 1. The predicted molar refractivity (Wildman–Crippen MR) is 105 cm³/mol. The number of nitrogens with zero attached hydrogens (tertiary/aromatic N) is 2. The van der Waals surface area contributed by atoms with Crippen LogP contribution in [0.25, 0.3) is 11.0 Å². The van der Waals surface area contributed by atoms with Crippen molar-refractivity contribution in [3.05, 3.63) is 23.0 Å². The first-order valence-corrected chi connectivity index (χ1v) is 9.45. The Morgan fingerprint density at radius 2 is 2.04 bits per heavy atom. The summed E-state index contributed by atoms with van der Waals surface area (Å²) in [5.74, 6) is 1.50. The van der Waals surface area contributed by atoms with Gasteiger partial charge < -0.3 is 19.9 Å². The average molecular weight is 365 g/mol. The highest BCUT2D eigenvalue weighted by Gasteiger charge is 2.21. The third-order valence-electron chi connectivity index (χ3n) is 4.99. The van der Waals surface area contributed by atoms with Crippen molar-refractivity contribution in [1.82, 2.24) is 15.3 Å². The first-order valence-electron chi connectivity index (χ1n) is 9.07. The van der Waals surface area contributed by atoms with Crippen LogP contribution < -0.4 is 10.2 Å². The van der Waals surface area contributed by atoms with Crippen LogP contribution in [0.1, 0.15) is 33.0 Å². The summed E-state index contributed by atoms with van der Waals surface area (Å²) < 4.78 is 5.54. The summed E-state index contributed by atoms with van der Waals surface area (Å²) in [6.07, 6.45) is 1.90. The van der Waals surface area contributed by atoms with Gasteiger partial charge in [-0.05, 0) is 38.3 Å². The quantitative estimate of drug-likeness (QED) is 0.822. The fraction of sp³-hybridized carbons (Fsp3) is 0.632. The lowest BCUT2D eigenvalue weighted by Gasteiger charge is -2.30. The van der Waals surface area contributed by atoms with E-state index in [9.17, 15) is 0 Å². The zero-order valence-electron chi connectivity index (χ0n) is 15.7. The number of fused-ring (bicyclic) bond motifs is 1. The maximum atomic E-state index is 6.53. The Hall–Kier alpha value is -1.30. The molecule has 1 aromatic carbocycles. The Bertz CT molecular complexity index is 722. The fourth-order valence-corrected chi connectivity index (χ4v) is 3.92. The molecule has 1 fully saturated rings. The van der Waals surface area contributed by atoms with Crippen molar-refractivity contribution < 1.29 is 4.74 Å². The number of benzene rings is 1. The number of ether oxygens (including phenoxy) is 1. The predicted octanol–water partition coefficient (Wildman–Crippen LogP) is 3.62. The van der Waals surface area contributed by atoms with Crippen molar-refractivity contribution in [2.75, 3.05) is 38.2 Å². The number of hydrogen-bond acceptors (Lipinski definition) is 4. The number of nitrogens with one attached hydrogen (secondary N) is 2. The maximum absolute atomic E-state index is 6.53. The van der Waals surface area contributed by atoms with Crippen molar-refractivity contribution in [2.24, 2.45) is 5.92 Å². The van der Waals surface area contributed by atoms with E-state index >= 15 is 0 Å². The van der Waals surface area contributed by atoms with Crippen LogP contribution in [0.5, 0.6) is 0 Å². The Kier molecular flexibility index (Phi) is 5.56. The molecule has 1 aliphatic heterocycles. The van der Waals surface area contributed by atoms with E-state index in [1.807, 2.05) is 6.07 Å². The first-order chi connectivity index (χ1) is 11.9. The minimum atomic E-state index is -0.107. The molecule has 2 heterocycles. The first kappa shape index (κ1) is 18.5. The molecular formula is C19H29ClN4O. The zero-order chi connectivity index (χ0) is 18.0. The Balaban J connectivity index is 1.78. The zero-order valence-corrected chi connectivity index (χ0v) is 16.4. The van der Waals surface area contributed by atoms with E-state index < -0.39 is 0 Å². The Morgan fingerprint density at radius 1 is 1.32 bits per heavy atom. The van der Waals surface area contributed by atoms with Gasteiger partial charge in [0.25, 0.3) is 0 Å². The number of rotatable bonds is 6. The standard InChI is InChI=1S/C19H29ClN4O/c1-13(12-19(2,3)25-4)9-18-22-15-10-14(20)17(11-16(15)23-18)24-7-5-21-6-8-24/h10-11,13,21H,5-9,12H2,1-4H3,(H,22,23). The molecular weight excluding hydrogens is 336 g/mol. The lowest BCUT2D eigenvalue weighted by atomic mass is 9.92. The van der Waals surface area contributed by atoms with Gasteiger partial charge in [0.2, 0.25) is 0 Å². The fourth-order valence-electron chi connectivity index (χ4n) is 3.64. The highest BCUT2D eigenvalue weighted by molar-refractivity contribution is 6.34. The summed E-state index contributed by atoms with van der Waals surface area (Å²) in [6, 6.07) is 4.13. The summed E-state index contributed by atoms with van der Waals surface area (Å²) in [5.41, 5.74) is 2.98. The van der Waals surface area contributed by atoms with E-state index in [4.69, 9.17) is 21.3 Å². The summed E-state index contributed by atoms with van der Waals surface area (Å²) in [6.45, 7) is 10.4. The normalized spacial score (nSPS) is 17.2. The average Bonchev–Trinajstić information content (AvgIpc) is 2.95. The molecule has 1 unspecified atom stereocenters. The maximum Gasteiger partial charge on any atom is 0.107 e. The molecule has 25 heavy (non-hydrogen) atoms. The van der Waals surface area contributed by atoms with Crippen molar-refractivity contribution >= 4 is 28.3 Å². The third kappa shape index (κ3) is 4.46. The van der Waals surface area contributed by atoms with E-state index in [1.165, 1.54) is 0 Å². The topological polar surface area (TPSA) is 53.2 Å². The summed E-state index contributed by atoms with van der Waals surface area (Å²) in [4.78, 5) is 10.6. The number of imidazole rings is 1. The monoisotopic (exact) mass is 364 g/mol. The molecule has 6 heteroatoms. The third-order valence-corrected chi connectivity index (χ3v) is 5.29. The lowest BCUT2D eigenvalue weighted by molar-refractivity contribution is 0.00377. The molecule has 1 aromatic heterocycles. The second kappa shape index (κ2) is 7.52. The molecule has 0 aliphatic carbocycles. The summed E-state index contributed by atoms with van der Waals surface area (Å²) in [5, 5.41) is 4.16. The van der Waals surface area contributed by atoms with Gasteiger partial charge in [-0.25, -0.2) is 4.98 Å². The largest absolute Gasteiger partial charge is 0.379 e. The van der Waals surface area contributed by atoms with Crippen LogP contribution in [0.4, 0.5) is 5.69 Å². The minimum absolute atomic E-state index is 0.107. The number of anilines is 1. The van der Waals surface area contributed by atoms with Gasteiger partial charge in [-0.3, -0.25) is 0 Å². The van der Waals surface area contributed by atoms with Gasteiger partial charge in [0.05, 0.1) is 27.3 Å². The molecule has 0 spiro atoms. The molecule has 3 rings (SSSR count). The highest BCUT2D eigenvalue weighted by Crippen LogP contribution is 2.31. The SMILES string of the molecule is COC(C)(C)CC(C)Cc1nc2cc(N3CCNCC3)c(Cl)cc2[nH]1. The van der Waals surface area contributed by atoms with Gasteiger partial charge in [0.15, 0.2) is 0 Å². The molecule has 0 saturated carbocycles. The molecule has 138 valence electrons. The number of methoxy groups -OCH3 is 1. The molecule has 1 atom stereocenters. The van der Waals surface area contributed by atoms with Crippen LogP contribution >= 0.6 is 11.6 Å². The molecule has 5 nitrogen and oxygen atoms in total. The van der Waals surface area contributed by atoms with Gasteiger partial charge in [0.1, 0.15) is 5.82 Å². The highest BCUT2D eigenvalue weighted by atomic mass is 35.5. The van der Waals surface area contributed by atoms with Gasteiger partial charge in [-0.15, -0.1) is 0 Å². The van der Waals surface area contributed by atoms with Crippen LogP contribution in [0, 0.1) is 5.92 Å². The minimum Gasteiger partial charge on any atom is -0.379 e. The van der Waals surface area contributed by atoms with E-state index in [0.29, 0.717) is 5.92 Å². The molecule has 1 saturated heterocycles. The van der Waals surface area contributed by atoms with E-state index in [2.05, 4.69) is 42.0 Å². The van der Waals surface area contributed by atoms with Crippen LogP contribution in [0.15, 0.2) is 12.1 Å². The molecule has 0 amide bonds. The molecule has 2 aromatic rings. The Morgan fingerprint density at radius 3 is 2.72 bits per heavy atom. The van der Waals surface area contributed by atoms with Crippen LogP contribution in [0.3, 0.4) is 0 Å². The second-order valence-corrected chi connectivity index (χ2v) is 8.13. The summed E-state index contributed by atoms with van der Waals surface area (Å²) in [7, 11) is 1.77. The number of halogens is 1. The van der Waals surface area contributed by atoms with Gasteiger partial charge >= 0.3 is 0 Å². The van der Waals surface area contributed by atoms with Crippen molar-refractivity contribution in [1.29, 1.82) is 0 Å². The van der Waals surface area contributed by atoms with Gasteiger partial charge in [-0.2, -0.15) is 0 Å². The van der Waals surface area contributed by atoms with Crippen LogP contribution in [-0.2, 0) is 11.2 Å².